The lowest BCUT2D eigenvalue weighted by Crippen LogP contribution is -2.30. The van der Waals surface area contributed by atoms with Crippen LogP contribution in [0.4, 0.5) is 0 Å². The molecule has 0 unspecified atom stereocenters. The zero-order valence-corrected chi connectivity index (χ0v) is 15.1. The van der Waals surface area contributed by atoms with Gasteiger partial charge in [-0.05, 0) is 42.8 Å². The molecular weight excluding hydrogens is 340 g/mol. The minimum absolute atomic E-state index is 0.0665. The Labute approximate surface area is 157 Å². The Hall–Kier alpha value is -3.41. The van der Waals surface area contributed by atoms with Crippen LogP contribution >= 0.6 is 0 Å². The van der Waals surface area contributed by atoms with Crippen LogP contribution in [0.1, 0.15) is 28.6 Å². The summed E-state index contributed by atoms with van der Waals surface area (Å²) in [5, 5.41) is 8.29. The highest BCUT2D eigenvalue weighted by Gasteiger charge is 2.19. The lowest BCUT2D eigenvalue weighted by molar-refractivity contribution is 0.0718. The van der Waals surface area contributed by atoms with Gasteiger partial charge in [0.1, 0.15) is 11.3 Å². The van der Waals surface area contributed by atoms with E-state index in [0.717, 1.165) is 28.9 Å². The number of aromatic nitrogens is 3. The van der Waals surface area contributed by atoms with E-state index in [2.05, 4.69) is 10.3 Å². The number of fused-ring (bicyclic) bond motifs is 1. The van der Waals surface area contributed by atoms with Crippen molar-refractivity contribution in [1.82, 2.24) is 19.9 Å². The molecule has 2 aromatic carbocycles. The second-order valence-electron chi connectivity index (χ2n) is 6.33. The SMILES string of the molecule is CCn1nnc2cc(C(=O)N(Cc3ccccc3)Cc3ccco3)ccc21. The Morgan fingerprint density at radius 1 is 1.07 bits per heavy atom. The van der Waals surface area contributed by atoms with Crippen molar-refractivity contribution in [3.63, 3.8) is 0 Å². The van der Waals surface area contributed by atoms with Crippen molar-refractivity contribution in [3.8, 4) is 0 Å². The van der Waals surface area contributed by atoms with E-state index in [4.69, 9.17) is 4.42 Å². The van der Waals surface area contributed by atoms with E-state index < -0.39 is 0 Å². The molecule has 4 rings (SSSR count). The van der Waals surface area contributed by atoms with Gasteiger partial charge in [0.2, 0.25) is 0 Å². The first-order chi connectivity index (χ1) is 13.2. The Kier molecular flexibility index (Phi) is 4.70. The van der Waals surface area contributed by atoms with E-state index in [-0.39, 0.29) is 5.91 Å². The second kappa shape index (κ2) is 7.45. The van der Waals surface area contributed by atoms with E-state index in [1.807, 2.05) is 66.2 Å². The molecule has 0 spiro atoms. The summed E-state index contributed by atoms with van der Waals surface area (Å²) < 4.78 is 7.27. The standard InChI is InChI=1S/C21H20N4O2/c1-2-25-20-11-10-17(13-19(20)22-23-25)21(26)24(15-18-9-6-12-27-18)14-16-7-4-3-5-8-16/h3-13H,2,14-15H2,1H3. The van der Waals surface area contributed by atoms with Crippen LogP contribution in [0.15, 0.2) is 71.3 Å². The van der Waals surface area contributed by atoms with E-state index in [9.17, 15) is 4.79 Å². The van der Waals surface area contributed by atoms with Gasteiger partial charge in [-0.25, -0.2) is 4.68 Å². The average molecular weight is 360 g/mol. The number of aryl methyl sites for hydroxylation is 1. The van der Waals surface area contributed by atoms with Crippen LogP contribution in [-0.2, 0) is 19.6 Å². The van der Waals surface area contributed by atoms with Crippen LogP contribution in [0.5, 0.6) is 0 Å². The number of hydrogen-bond donors (Lipinski definition) is 0. The van der Waals surface area contributed by atoms with Crippen LogP contribution in [0.2, 0.25) is 0 Å². The molecule has 0 saturated carbocycles. The molecule has 0 saturated heterocycles. The van der Waals surface area contributed by atoms with Crippen LogP contribution in [-0.4, -0.2) is 25.8 Å². The maximum atomic E-state index is 13.2. The highest BCUT2D eigenvalue weighted by atomic mass is 16.3. The van der Waals surface area contributed by atoms with E-state index in [0.29, 0.717) is 18.7 Å². The molecule has 0 N–H and O–H groups in total. The molecule has 6 nitrogen and oxygen atoms in total. The molecule has 0 aliphatic carbocycles. The van der Waals surface area contributed by atoms with Gasteiger partial charge in [0.05, 0.1) is 18.3 Å². The average Bonchev–Trinajstić information content (AvgIpc) is 3.36. The Morgan fingerprint density at radius 3 is 2.67 bits per heavy atom. The molecular formula is C21H20N4O2. The summed E-state index contributed by atoms with van der Waals surface area (Å²) in [5.41, 5.74) is 3.30. The quantitative estimate of drug-likeness (QED) is 0.523. The molecule has 0 fully saturated rings. The first kappa shape index (κ1) is 17.0. The summed E-state index contributed by atoms with van der Waals surface area (Å²) in [6, 6.07) is 19.2. The Balaban J connectivity index is 1.64. The van der Waals surface area contributed by atoms with Crippen molar-refractivity contribution in [2.24, 2.45) is 0 Å². The minimum Gasteiger partial charge on any atom is -0.467 e. The van der Waals surface area contributed by atoms with Crippen molar-refractivity contribution in [2.75, 3.05) is 0 Å². The Bertz CT molecular complexity index is 1040. The van der Waals surface area contributed by atoms with Crippen molar-refractivity contribution in [3.05, 3.63) is 83.8 Å². The topological polar surface area (TPSA) is 64.2 Å². The number of benzene rings is 2. The normalized spacial score (nSPS) is 11.0. The number of amides is 1. The van der Waals surface area contributed by atoms with E-state index >= 15 is 0 Å². The second-order valence-corrected chi connectivity index (χ2v) is 6.33. The Morgan fingerprint density at radius 2 is 1.93 bits per heavy atom. The summed E-state index contributed by atoms with van der Waals surface area (Å²) in [6.07, 6.45) is 1.62. The van der Waals surface area contributed by atoms with Crippen LogP contribution in [0.25, 0.3) is 11.0 Å². The molecule has 0 bridgehead atoms. The zero-order valence-electron chi connectivity index (χ0n) is 15.1. The highest BCUT2D eigenvalue weighted by Crippen LogP contribution is 2.18. The van der Waals surface area contributed by atoms with Gasteiger partial charge < -0.3 is 9.32 Å². The molecule has 2 heterocycles. The number of furan rings is 1. The molecule has 0 radical (unpaired) electrons. The predicted molar refractivity (Wildman–Crippen MR) is 102 cm³/mol. The number of rotatable bonds is 6. The smallest absolute Gasteiger partial charge is 0.254 e. The van der Waals surface area contributed by atoms with Gasteiger partial charge in [0, 0.05) is 18.7 Å². The molecule has 0 aliphatic rings. The summed E-state index contributed by atoms with van der Waals surface area (Å²) in [7, 11) is 0. The molecule has 1 amide bonds. The first-order valence-corrected chi connectivity index (χ1v) is 8.93. The number of carbonyl (C=O) groups is 1. The van der Waals surface area contributed by atoms with E-state index in [1.54, 1.807) is 17.2 Å². The lowest BCUT2D eigenvalue weighted by atomic mass is 10.1. The number of carbonyl (C=O) groups excluding carboxylic acids is 1. The van der Waals surface area contributed by atoms with Crippen molar-refractivity contribution in [2.45, 2.75) is 26.6 Å². The molecule has 27 heavy (non-hydrogen) atoms. The van der Waals surface area contributed by atoms with Crippen LogP contribution in [0.3, 0.4) is 0 Å². The monoisotopic (exact) mass is 360 g/mol. The number of nitrogens with zero attached hydrogens (tertiary/aromatic N) is 4. The third kappa shape index (κ3) is 3.60. The molecule has 0 atom stereocenters. The van der Waals surface area contributed by atoms with Crippen molar-refractivity contribution < 1.29 is 9.21 Å². The minimum atomic E-state index is -0.0665. The van der Waals surface area contributed by atoms with Gasteiger partial charge in [-0.3, -0.25) is 4.79 Å². The van der Waals surface area contributed by atoms with Crippen molar-refractivity contribution in [1.29, 1.82) is 0 Å². The number of hydrogen-bond acceptors (Lipinski definition) is 4. The summed E-state index contributed by atoms with van der Waals surface area (Å²) in [5.74, 6) is 0.681. The lowest BCUT2D eigenvalue weighted by Gasteiger charge is -2.22. The molecule has 2 aromatic heterocycles. The molecule has 0 aliphatic heterocycles. The summed E-state index contributed by atoms with van der Waals surface area (Å²) in [6.45, 7) is 3.65. The fourth-order valence-electron chi connectivity index (χ4n) is 3.12. The molecule has 136 valence electrons. The van der Waals surface area contributed by atoms with Gasteiger partial charge in [0.15, 0.2) is 0 Å². The third-order valence-corrected chi connectivity index (χ3v) is 4.49. The maximum Gasteiger partial charge on any atom is 0.254 e. The van der Waals surface area contributed by atoms with Gasteiger partial charge in [-0.2, -0.15) is 0 Å². The summed E-state index contributed by atoms with van der Waals surface area (Å²) >= 11 is 0. The first-order valence-electron chi connectivity index (χ1n) is 8.93. The van der Waals surface area contributed by atoms with Gasteiger partial charge in [-0.1, -0.05) is 35.5 Å². The van der Waals surface area contributed by atoms with E-state index in [1.165, 1.54) is 0 Å². The fraction of sp³-hybridized carbons (Fsp3) is 0.190. The highest BCUT2D eigenvalue weighted by molar-refractivity contribution is 5.97. The fourth-order valence-corrected chi connectivity index (χ4v) is 3.12. The van der Waals surface area contributed by atoms with Gasteiger partial charge in [0.25, 0.3) is 5.91 Å². The largest absolute Gasteiger partial charge is 0.467 e. The van der Waals surface area contributed by atoms with Crippen molar-refractivity contribution >= 4 is 16.9 Å². The maximum absolute atomic E-state index is 13.2. The third-order valence-electron chi connectivity index (χ3n) is 4.49. The van der Waals surface area contributed by atoms with Crippen LogP contribution < -0.4 is 0 Å². The summed E-state index contributed by atoms with van der Waals surface area (Å²) in [4.78, 5) is 15.0. The van der Waals surface area contributed by atoms with Gasteiger partial charge >= 0.3 is 0 Å². The zero-order chi connectivity index (χ0) is 18.6. The molecule has 4 aromatic rings. The predicted octanol–water partition coefficient (Wildman–Crippen LogP) is 3.89. The molecule has 6 heteroatoms. The van der Waals surface area contributed by atoms with Crippen LogP contribution in [0, 0.1) is 0 Å². The van der Waals surface area contributed by atoms with Gasteiger partial charge in [-0.15, -0.1) is 5.10 Å².